The number of carbonyl (C=O) groups excluding carboxylic acids is 3. The van der Waals surface area contributed by atoms with E-state index in [0.717, 1.165) is 19.5 Å². The van der Waals surface area contributed by atoms with Crippen molar-refractivity contribution >= 4 is 29.3 Å². The zero-order valence-corrected chi connectivity index (χ0v) is 23.4. The van der Waals surface area contributed by atoms with Gasteiger partial charge in [-0.15, -0.1) is 0 Å². The topological polar surface area (TPSA) is 128 Å². The summed E-state index contributed by atoms with van der Waals surface area (Å²) in [6.07, 6.45) is 3.15. The van der Waals surface area contributed by atoms with Crippen molar-refractivity contribution in [2.24, 2.45) is 0 Å². The quantitative estimate of drug-likeness (QED) is 0.517. The first-order chi connectivity index (χ1) is 18.9. The molecule has 0 atom stereocenters. The number of aromatic hydroxyl groups is 1. The second-order valence-electron chi connectivity index (χ2n) is 11.1. The molecule has 13 heteroatoms. The van der Waals surface area contributed by atoms with Gasteiger partial charge in [0.25, 0.3) is 11.5 Å². The number of nitrogens with zero attached hydrogens (tertiary/aromatic N) is 5. The number of likely N-dealkylation sites (tertiary alicyclic amines) is 1. The molecule has 2 bridgehead atoms. The SMILES string of the molecule is CN(C)C(=O)C(=O)N(C)C12CCC(N3CCC3)(CC1)Cn1c2nc(C(=O)NCc2cccc(Cl)c2F)c(O)c1=O. The summed E-state index contributed by atoms with van der Waals surface area (Å²) in [6.45, 7) is 1.74. The average molecular weight is 575 g/mol. The van der Waals surface area contributed by atoms with Crippen LogP contribution in [0.3, 0.4) is 0 Å². The maximum absolute atomic E-state index is 14.4. The summed E-state index contributed by atoms with van der Waals surface area (Å²) in [5.41, 5.74) is -2.74. The molecular formula is C27H32ClFN6O5. The fourth-order valence-electron chi connectivity index (χ4n) is 6.18. The Kier molecular flexibility index (Phi) is 7.11. The lowest BCUT2D eigenvalue weighted by Gasteiger charge is -2.53. The van der Waals surface area contributed by atoms with Crippen LogP contribution >= 0.6 is 11.6 Å². The summed E-state index contributed by atoms with van der Waals surface area (Å²) in [6, 6.07) is 4.36. The van der Waals surface area contributed by atoms with Crippen molar-refractivity contribution in [1.82, 2.24) is 29.6 Å². The molecule has 11 nitrogen and oxygen atoms in total. The zero-order valence-electron chi connectivity index (χ0n) is 22.7. The van der Waals surface area contributed by atoms with Gasteiger partial charge in [0.2, 0.25) is 5.75 Å². The molecule has 214 valence electrons. The van der Waals surface area contributed by atoms with E-state index in [1.807, 2.05) is 0 Å². The van der Waals surface area contributed by atoms with Crippen molar-refractivity contribution in [2.45, 2.75) is 56.3 Å². The van der Waals surface area contributed by atoms with Gasteiger partial charge in [-0.1, -0.05) is 23.7 Å². The molecule has 1 aliphatic carbocycles. The van der Waals surface area contributed by atoms with E-state index in [1.54, 1.807) is 0 Å². The largest absolute Gasteiger partial charge is 0.501 e. The number of hydrogen-bond acceptors (Lipinski definition) is 7. The van der Waals surface area contributed by atoms with Crippen LogP contribution < -0.4 is 10.9 Å². The Morgan fingerprint density at radius 2 is 1.80 bits per heavy atom. The Bertz CT molecular complexity index is 1450. The number of likely N-dealkylation sites (N-methyl/N-ethyl adjacent to an activating group) is 2. The molecule has 1 saturated heterocycles. The Hall–Kier alpha value is -3.51. The van der Waals surface area contributed by atoms with Gasteiger partial charge < -0.3 is 20.2 Å². The van der Waals surface area contributed by atoms with Crippen molar-refractivity contribution in [3.8, 4) is 5.75 Å². The zero-order chi connectivity index (χ0) is 29.0. The highest BCUT2D eigenvalue weighted by Crippen LogP contribution is 2.51. The monoisotopic (exact) mass is 574 g/mol. The number of benzene rings is 1. The van der Waals surface area contributed by atoms with E-state index in [9.17, 15) is 28.7 Å². The van der Waals surface area contributed by atoms with Gasteiger partial charge in [0.05, 0.1) is 5.02 Å². The summed E-state index contributed by atoms with van der Waals surface area (Å²) < 4.78 is 15.7. The number of halogens is 2. The van der Waals surface area contributed by atoms with Crippen LogP contribution in [0.25, 0.3) is 0 Å². The molecule has 0 spiro atoms. The molecule has 2 aromatic rings. The predicted octanol–water partition coefficient (Wildman–Crippen LogP) is 1.45. The molecule has 1 aromatic heterocycles. The van der Waals surface area contributed by atoms with Crippen LogP contribution in [-0.4, -0.2) is 86.9 Å². The van der Waals surface area contributed by atoms with Crippen LogP contribution in [0.1, 0.15) is 54.0 Å². The second-order valence-corrected chi connectivity index (χ2v) is 11.5. The number of fused-ring (bicyclic) bond motifs is 2. The first-order valence-corrected chi connectivity index (χ1v) is 13.6. The van der Waals surface area contributed by atoms with E-state index in [-0.39, 0.29) is 35.0 Å². The summed E-state index contributed by atoms with van der Waals surface area (Å²) >= 11 is 5.84. The molecule has 1 aromatic carbocycles. The van der Waals surface area contributed by atoms with Crippen molar-refractivity contribution in [2.75, 3.05) is 34.2 Å². The number of nitrogens with one attached hydrogen (secondary N) is 1. The molecule has 0 radical (unpaired) electrons. The van der Waals surface area contributed by atoms with Crippen LogP contribution in [0.5, 0.6) is 5.75 Å². The predicted molar refractivity (Wildman–Crippen MR) is 143 cm³/mol. The van der Waals surface area contributed by atoms with Crippen molar-refractivity contribution in [3.05, 3.63) is 56.5 Å². The molecule has 4 aliphatic rings. The van der Waals surface area contributed by atoms with E-state index in [0.29, 0.717) is 25.7 Å². The van der Waals surface area contributed by atoms with E-state index < -0.39 is 46.1 Å². The van der Waals surface area contributed by atoms with Crippen molar-refractivity contribution in [3.63, 3.8) is 0 Å². The molecular weight excluding hydrogens is 543 g/mol. The number of amides is 3. The van der Waals surface area contributed by atoms with Crippen LogP contribution in [0, 0.1) is 5.82 Å². The number of carbonyl (C=O) groups is 3. The lowest BCUT2D eigenvalue weighted by molar-refractivity contribution is -0.155. The van der Waals surface area contributed by atoms with Crippen LogP contribution in [0.4, 0.5) is 4.39 Å². The summed E-state index contributed by atoms with van der Waals surface area (Å²) in [5, 5.41) is 13.3. The standard InChI is InChI=1S/C27H32ClFN6O5/c1-32(2)23(39)24(40)33(3)27-10-8-26(9-11-27,34-12-5-13-34)15-35-22(38)20(36)19(31-25(27)35)21(37)30-14-16-6-4-7-17(28)18(16)29/h4,6-7,36H,5,8-15H2,1-3H3,(H,30,37). The average Bonchev–Trinajstić information content (AvgIpc) is 3.13. The smallest absolute Gasteiger partial charge is 0.312 e. The van der Waals surface area contributed by atoms with Crippen molar-refractivity contribution in [1.29, 1.82) is 0 Å². The number of rotatable bonds is 5. The second kappa shape index (κ2) is 10.2. The summed E-state index contributed by atoms with van der Waals surface area (Å²) in [5.74, 6) is -3.75. The number of aromatic nitrogens is 2. The van der Waals surface area contributed by atoms with Gasteiger partial charge in [-0.25, -0.2) is 9.37 Å². The van der Waals surface area contributed by atoms with Gasteiger partial charge in [0.15, 0.2) is 5.69 Å². The lowest BCUT2D eigenvalue weighted by atomic mass is 9.71. The Morgan fingerprint density at radius 1 is 1.12 bits per heavy atom. The van der Waals surface area contributed by atoms with Gasteiger partial charge in [-0.05, 0) is 51.3 Å². The minimum absolute atomic E-state index is 0.107. The maximum atomic E-state index is 14.4. The van der Waals surface area contributed by atoms with E-state index >= 15 is 0 Å². The molecule has 2 fully saturated rings. The summed E-state index contributed by atoms with van der Waals surface area (Å²) in [4.78, 5) is 62.2. The maximum Gasteiger partial charge on any atom is 0.312 e. The fraction of sp³-hybridized carbons (Fsp3) is 0.519. The van der Waals surface area contributed by atoms with E-state index in [1.165, 1.54) is 53.7 Å². The molecule has 3 aliphatic heterocycles. The Morgan fingerprint density at radius 3 is 2.40 bits per heavy atom. The van der Waals surface area contributed by atoms with Crippen molar-refractivity contribution < 1.29 is 23.9 Å². The molecule has 4 heterocycles. The highest BCUT2D eigenvalue weighted by Gasteiger charge is 2.56. The fourth-order valence-corrected chi connectivity index (χ4v) is 6.37. The van der Waals surface area contributed by atoms with Gasteiger partial charge >= 0.3 is 11.8 Å². The highest BCUT2D eigenvalue weighted by atomic mass is 35.5. The molecule has 40 heavy (non-hydrogen) atoms. The van der Waals surface area contributed by atoms with Gasteiger partial charge in [0.1, 0.15) is 17.2 Å². The van der Waals surface area contributed by atoms with Gasteiger partial charge in [-0.3, -0.25) is 28.6 Å². The third kappa shape index (κ3) is 4.33. The van der Waals surface area contributed by atoms with E-state index in [2.05, 4.69) is 15.2 Å². The Balaban J connectivity index is 1.58. The molecule has 6 rings (SSSR count). The van der Waals surface area contributed by atoms with Gasteiger partial charge in [0, 0.05) is 45.3 Å². The third-order valence-electron chi connectivity index (χ3n) is 8.77. The van der Waals surface area contributed by atoms with Crippen LogP contribution in [0.15, 0.2) is 23.0 Å². The highest BCUT2D eigenvalue weighted by molar-refractivity contribution is 6.34. The van der Waals surface area contributed by atoms with Crippen LogP contribution in [0.2, 0.25) is 5.02 Å². The normalized spacial score (nSPS) is 23.5. The molecule has 1 saturated carbocycles. The first-order valence-electron chi connectivity index (χ1n) is 13.2. The minimum atomic E-state index is -1.16. The first kappa shape index (κ1) is 28.0. The van der Waals surface area contributed by atoms with E-state index in [4.69, 9.17) is 11.6 Å². The molecule has 0 unspecified atom stereocenters. The lowest BCUT2D eigenvalue weighted by Crippen LogP contribution is -2.60. The molecule has 3 amide bonds. The summed E-state index contributed by atoms with van der Waals surface area (Å²) in [7, 11) is 4.47. The third-order valence-corrected chi connectivity index (χ3v) is 9.06. The molecule has 2 N–H and O–H groups in total. The Labute approximate surface area is 235 Å². The van der Waals surface area contributed by atoms with Gasteiger partial charge in [-0.2, -0.15) is 0 Å². The minimum Gasteiger partial charge on any atom is -0.501 e. The van der Waals surface area contributed by atoms with Crippen LogP contribution in [-0.2, 0) is 28.2 Å². The number of hydrogen-bond donors (Lipinski definition) is 2.